The molecule has 0 N–H and O–H groups in total. The van der Waals surface area contributed by atoms with Gasteiger partial charge in [0.2, 0.25) is 0 Å². The molecule has 0 aliphatic rings. The fraction of sp³-hybridized carbons (Fsp3) is 0.188. The van der Waals surface area contributed by atoms with Crippen molar-refractivity contribution >= 4 is 5.78 Å². The van der Waals surface area contributed by atoms with E-state index in [-0.39, 0.29) is 11.3 Å². The Hall–Kier alpha value is -2.16. The molecule has 2 aromatic carbocycles. The van der Waals surface area contributed by atoms with Crippen LogP contribution in [0.5, 0.6) is 5.75 Å². The Labute approximate surface area is 111 Å². The van der Waals surface area contributed by atoms with Crippen LogP contribution in [-0.4, -0.2) is 12.9 Å². The number of aryl methyl sites for hydroxylation is 2. The van der Waals surface area contributed by atoms with Gasteiger partial charge in [0, 0.05) is 11.6 Å². The standard InChI is InChI=1S/C16H15FO2/c1-10-4-6-13(11(2)8-10)16(18)14-7-5-12(19-3)9-15(14)17/h4-9H,1-3H3. The number of ether oxygens (including phenoxy) is 1. The second-order valence-corrected chi connectivity index (χ2v) is 4.49. The van der Waals surface area contributed by atoms with Crippen molar-refractivity contribution in [3.63, 3.8) is 0 Å². The van der Waals surface area contributed by atoms with Gasteiger partial charge in [0.25, 0.3) is 0 Å². The summed E-state index contributed by atoms with van der Waals surface area (Å²) in [6.45, 7) is 3.80. The molecule has 2 nitrogen and oxygen atoms in total. The Morgan fingerprint density at radius 3 is 2.32 bits per heavy atom. The van der Waals surface area contributed by atoms with E-state index in [1.807, 2.05) is 26.0 Å². The summed E-state index contributed by atoms with van der Waals surface area (Å²) in [6.07, 6.45) is 0. The van der Waals surface area contributed by atoms with Gasteiger partial charge in [-0.2, -0.15) is 0 Å². The largest absolute Gasteiger partial charge is 0.497 e. The zero-order valence-corrected chi connectivity index (χ0v) is 11.2. The maximum Gasteiger partial charge on any atom is 0.196 e. The van der Waals surface area contributed by atoms with Gasteiger partial charge >= 0.3 is 0 Å². The van der Waals surface area contributed by atoms with Crippen LogP contribution < -0.4 is 4.74 Å². The summed E-state index contributed by atoms with van der Waals surface area (Å²) >= 11 is 0. The molecule has 0 bridgehead atoms. The van der Waals surface area contributed by atoms with Crippen molar-refractivity contribution < 1.29 is 13.9 Å². The Kier molecular flexibility index (Phi) is 3.65. The van der Waals surface area contributed by atoms with Gasteiger partial charge < -0.3 is 4.74 Å². The number of rotatable bonds is 3. The SMILES string of the molecule is COc1ccc(C(=O)c2ccc(C)cc2C)c(F)c1. The van der Waals surface area contributed by atoms with Crippen LogP contribution in [0, 0.1) is 19.7 Å². The smallest absolute Gasteiger partial charge is 0.196 e. The van der Waals surface area contributed by atoms with E-state index in [9.17, 15) is 9.18 Å². The lowest BCUT2D eigenvalue weighted by Crippen LogP contribution is -2.06. The van der Waals surface area contributed by atoms with Gasteiger partial charge in [-0.25, -0.2) is 4.39 Å². The van der Waals surface area contributed by atoms with Gasteiger partial charge in [-0.3, -0.25) is 4.79 Å². The Morgan fingerprint density at radius 2 is 1.74 bits per heavy atom. The molecule has 0 amide bonds. The molecule has 0 fully saturated rings. The average Bonchev–Trinajstić information content (AvgIpc) is 2.37. The number of halogens is 1. The van der Waals surface area contributed by atoms with Crippen LogP contribution >= 0.6 is 0 Å². The van der Waals surface area contributed by atoms with Crippen molar-refractivity contribution in [3.8, 4) is 5.75 Å². The molecule has 0 unspecified atom stereocenters. The summed E-state index contributed by atoms with van der Waals surface area (Å²) in [6, 6.07) is 9.75. The molecule has 0 heterocycles. The van der Waals surface area contributed by atoms with Crippen LogP contribution in [0.2, 0.25) is 0 Å². The zero-order valence-electron chi connectivity index (χ0n) is 11.2. The highest BCUT2D eigenvalue weighted by molar-refractivity contribution is 6.10. The number of carbonyl (C=O) groups excluding carboxylic acids is 1. The van der Waals surface area contributed by atoms with Crippen LogP contribution in [0.25, 0.3) is 0 Å². The van der Waals surface area contributed by atoms with Crippen LogP contribution in [0.3, 0.4) is 0 Å². The lowest BCUT2D eigenvalue weighted by atomic mass is 9.97. The third kappa shape index (κ3) is 2.65. The highest BCUT2D eigenvalue weighted by Gasteiger charge is 2.16. The second kappa shape index (κ2) is 5.22. The van der Waals surface area contributed by atoms with E-state index in [1.165, 1.54) is 19.2 Å². The van der Waals surface area contributed by atoms with Gasteiger partial charge in [-0.1, -0.05) is 23.8 Å². The van der Waals surface area contributed by atoms with Crippen molar-refractivity contribution in [1.82, 2.24) is 0 Å². The van der Waals surface area contributed by atoms with Crippen LogP contribution in [0.1, 0.15) is 27.0 Å². The molecule has 0 aliphatic heterocycles. The molecule has 98 valence electrons. The van der Waals surface area contributed by atoms with Crippen LogP contribution in [0.15, 0.2) is 36.4 Å². The van der Waals surface area contributed by atoms with E-state index < -0.39 is 5.82 Å². The monoisotopic (exact) mass is 258 g/mol. The predicted molar refractivity (Wildman–Crippen MR) is 72.3 cm³/mol. The molecular formula is C16H15FO2. The first kappa shape index (κ1) is 13.3. The van der Waals surface area contributed by atoms with Crippen LogP contribution in [-0.2, 0) is 0 Å². The minimum Gasteiger partial charge on any atom is -0.497 e. The summed E-state index contributed by atoms with van der Waals surface area (Å²) in [5, 5.41) is 0. The fourth-order valence-electron chi connectivity index (χ4n) is 2.02. The van der Waals surface area contributed by atoms with Crippen LogP contribution in [0.4, 0.5) is 4.39 Å². The molecule has 0 aromatic heterocycles. The fourth-order valence-corrected chi connectivity index (χ4v) is 2.02. The number of benzene rings is 2. The van der Waals surface area contributed by atoms with Crippen molar-refractivity contribution in [3.05, 3.63) is 64.5 Å². The predicted octanol–water partition coefficient (Wildman–Crippen LogP) is 3.68. The summed E-state index contributed by atoms with van der Waals surface area (Å²) in [5.41, 5.74) is 2.51. The molecule has 2 aromatic rings. The summed E-state index contributed by atoms with van der Waals surface area (Å²) in [5.74, 6) is -0.475. The minimum atomic E-state index is -0.565. The minimum absolute atomic E-state index is 0.0627. The normalized spacial score (nSPS) is 10.3. The van der Waals surface area contributed by atoms with E-state index in [0.717, 1.165) is 11.1 Å². The molecule has 0 saturated heterocycles. The lowest BCUT2D eigenvalue weighted by Gasteiger charge is -2.08. The second-order valence-electron chi connectivity index (χ2n) is 4.49. The number of ketones is 1. The number of carbonyl (C=O) groups is 1. The molecule has 0 radical (unpaired) electrons. The van der Waals surface area contributed by atoms with E-state index >= 15 is 0 Å². The average molecular weight is 258 g/mol. The zero-order chi connectivity index (χ0) is 14.0. The van der Waals surface area contributed by atoms with Crippen molar-refractivity contribution in [2.75, 3.05) is 7.11 Å². The molecule has 19 heavy (non-hydrogen) atoms. The number of methoxy groups -OCH3 is 1. The van der Waals surface area contributed by atoms with Gasteiger partial charge in [-0.15, -0.1) is 0 Å². The van der Waals surface area contributed by atoms with E-state index in [1.54, 1.807) is 12.1 Å². The molecule has 0 atom stereocenters. The Morgan fingerprint density at radius 1 is 1.05 bits per heavy atom. The third-order valence-electron chi connectivity index (χ3n) is 3.05. The van der Waals surface area contributed by atoms with Crippen molar-refractivity contribution in [2.45, 2.75) is 13.8 Å². The molecule has 2 rings (SSSR count). The van der Waals surface area contributed by atoms with E-state index in [4.69, 9.17) is 4.74 Å². The quantitative estimate of drug-likeness (QED) is 0.785. The molecule has 0 aliphatic carbocycles. The van der Waals surface area contributed by atoms with E-state index in [0.29, 0.717) is 11.3 Å². The number of hydrogen-bond donors (Lipinski definition) is 0. The van der Waals surface area contributed by atoms with Gasteiger partial charge in [0.1, 0.15) is 11.6 Å². The Balaban J connectivity index is 2.44. The highest BCUT2D eigenvalue weighted by Crippen LogP contribution is 2.21. The van der Waals surface area contributed by atoms with Crippen molar-refractivity contribution in [1.29, 1.82) is 0 Å². The topological polar surface area (TPSA) is 26.3 Å². The molecule has 0 spiro atoms. The third-order valence-corrected chi connectivity index (χ3v) is 3.05. The maximum atomic E-state index is 13.9. The first-order valence-electron chi connectivity index (χ1n) is 5.98. The highest BCUT2D eigenvalue weighted by atomic mass is 19.1. The molecular weight excluding hydrogens is 243 g/mol. The summed E-state index contributed by atoms with van der Waals surface area (Å²) in [4.78, 5) is 12.3. The summed E-state index contributed by atoms with van der Waals surface area (Å²) in [7, 11) is 1.46. The molecule has 3 heteroatoms. The molecule has 0 saturated carbocycles. The summed E-state index contributed by atoms with van der Waals surface area (Å²) < 4.78 is 18.8. The first-order valence-corrected chi connectivity index (χ1v) is 5.98. The lowest BCUT2D eigenvalue weighted by molar-refractivity contribution is 0.103. The maximum absolute atomic E-state index is 13.9. The van der Waals surface area contributed by atoms with Crippen molar-refractivity contribution in [2.24, 2.45) is 0 Å². The Bertz CT molecular complexity index is 633. The van der Waals surface area contributed by atoms with Gasteiger partial charge in [0.05, 0.1) is 12.7 Å². The number of hydrogen-bond acceptors (Lipinski definition) is 2. The van der Waals surface area contributed by atoms with E-state index in [2.05, 4.69) is 0 Å². The van der Waals surface area contributed by atoms with Gasteiger partial charge in [0.15, 0.2) is 5.78 Å². The first-order chi connectivity index (χ1) is 9.02. The van der Waals surface area contributed by atoms with Gasteiger partial charge in [-0.05, 0) is 31.5 Å².